The minimum atomic E-state index is -0.513. The Bertz CT molecular complexity index is 991. The zero-order valence-electron chi connectivity index (χ0n) is 17.3. The Morgan fingerprint density at radius 2 is 1.86 bits per heavy atom. The van der Waals surface area contributed by atoms with Crippen molar-refractivity contribution in [1.29, 1.82) is 0 Å². The topological polar surface area (TPSA) is 59.4 Å². The summed E-state index contributed by atoms with van der Waals surface area (Å²) in [6.07, 6.45) is -0.513. The Kier molecular flexibility index (Phi) is 5.39. The zero-order valence-corrected chi connectivity index (χ0v) is 17.3. The molecule has 3 aromatic rings. The van der Waals surface area contributed by atoms with Gasteiger partial charge in [-0.2, -0.15) is 0 Å². The van der Waals surface area contributed by atoms with Crippen molar-refractivity contribution in [2.45, 2.75) is 39.0 Å². The fraction of sp³-hybridized carbons (Fsp3) is 0.391. The van der Waals surface area contributed by atoms with Crippen molar-refractivity contribution in [1.82, 2.24) is 14.5 Å². The molecule has 6 heteroatoms. The van der Waals surface area contributed by atoms with E-state index in [1.54, 1.807) is 0 Å². The van der Waals surface area contributed by atoms with Crippen LogP contribution in [0, 0.1) is 0 Å². The number of morpholine rings is 1. The highest BCUT2D eigenvalue weighted by Crippen LogP contribution is 2.28. The van der Waals surface area contributed by atoms with Gasteiger partial charge in [-0.25, -0.2) is 4.98 Å². The third-order valence-corrected chi connectivity index (χ3v) is 5.16. The van der Waals surface area contributed by atoms with Gasteiger partial charge in [0.25, 0.3) is 5.91 Å². The number of carbonyl (C=O) groups is 1. The fourth-order valence-corrected chi connectivity index (χ4v) is 3.83. The molecule has 2 heterocycles. The van der Waals surface area contributed by atoms with E-state index in [4.69, 9.17) is 4.74 Å². The van der Waals surface area contributed by atoms with Crippen LogP contribution in [0.25, 0.3) is 11.0 Å². The Balaban J connectivity index is 1.50. The van der Waals surface area contributed by atoms with Gasteiger partial charge >= 0.3 is 0 Å². The molecule has 152 valence electrons. The molecule has 0 saturated carbocycles. The molecule has 0 aliphatic carbocycles. The zero-order chi connectivity index (χ0) is 20.4. The number of benzene rings is 2. The number of ether oxygens (including phenoxy) is 1. The molecular weight excluding hydrogens is 364 g/mol. The van der Waals surface area contributed by atoms with Gasteiger partial charge in [0.2, 0.25) is 5.95 Å². The van der Waals surface area contributed by atoms with Crippen LogP contribution in [0.15, 0.2) is 54.6 Å². The Morgan fingerprint density at radius 1 is 1.14 bits per heavy atom. The van der Waals surface area contributed by atoms with E-state index in [0.29, 0.717) is 19.1 Å². The number of nitrogens with zero attached hydrogens (tertiary/aromatic N) is 3. The summed E-state index contributed by atoms with van der Waals surface area (Å²) < 4.78 is 7.86. The quantitative estimate of drug-likeness (QED) is 0.737. The summed E-state index contributed by atoms with van der Waals surface area (Å²) in [5.74, 6) is 0.413. The van der Waals surface area contributed by atoms with Gasteiger partial charge in [-0.05, 0) is 38.5 Å². The number of hydrogen-bond acceptors (Lipinski definition) is 4. The van der Waals surface area contributed by atoms with E-state index in [9.17, 15) is 4.79 Å². The van der Waals surface area contributed by atoms with Crippen molar-refractivity contribution in [2.24, 2.45) is 0 Å². The van der Waals surface area contributed by atoms with Crippen LogP contribution in [0.4, 0.5) is 5.95 Å². The van der Waals surface area contributed by atoms with E-state index in [1.807, 2.05) is 42.5 Å². The number of amides is 1. The molecule has 1 aromatic heterocycles. The summed E-state index contributed by atoms with van der Waals surface area (Å²) in [5, 5.41) is 3.02. The highest BCUT2D eigenvalue weighted by atomic mass is 16.5. The molecule has 0 spiro atoms. The number of rotatable bonds is 4. The molecule has 4 rings (SSSR count). The summed E-state index contributed by atoms with van der Waals surface area (Å²) in [4.78, 5) is 19.9. The fourth-order valence-electron chi connectivity index (χ4n) is 3.83. The maximum absolute atomic E-state index is 13.0. The van der Waals surface area contributed by atoms with E-state index in [0.717, 1.165) is 24.1 Å². The number of aromatic nitrogens is 2. The van der Waals surface area contributed by atoms with Gasteiger partial charge in [0.1, 0.15) is 6.10 Å². The van der Waals surface area contributed by atoms with Crippen molar-refractivity contribution in [3.05, 3.63) is 60.2 Å². The molecule has 0 bridgehead atoms. The first kappa shape index (κ1) is 19.6. The molecule has 6 nitrogen and oxygen atoms in total. The van der Waals surface area contributed by atoms with Gasteiger partial charge in [-0.1, -0.05) is 42.5 Å². The molecule has 1 aliphatic heterocycles. The molecule has 29 heavy (non-hydrogen) atoms. The third kappa shape index (κ3) is 4.33. The van der Waals surface area contributed by atoms with Gasteiger partial charge in [-0.15, -0.1) is 0 Å². The summed E-state index contributed by atoms with van der Waals surface area (Å²) >= 11 is 0. The molecule has 0 radical (unpaired) electrons. The Hall–Kier alpha value is -2.70. The molecule has 1 atom stereocenters. The second-order valence-electron chi connectivity index (χ2n) is 8.50. The van der Waals surface area contributed by atoms with Gasteiger partial charge in [0, 0.05) is 25.2 Å². The summed E-state index contributed by atoms with van der Waals surface area (Å²) in [5.41, 5.74) is 2.90. The predicted octanol–water partition coefficient (Wildman–Crippen LogP) is 3.63. The van der Waals surface area contributed by atoms with E-state index >= 15 is 0 Å². The molecule has 1 amide bonds. The van der Waals surface area contributed by atoms with Crippen LogP contribution in [0.2, 0.25) is 0 Å². The molecule has 2 aromatic carbocycles. The second-order valence-corrected chi connectivity index (χ2v) is 8.50. The average Bonchev–Trinajstić information content (AvgIpc) is 3.07. The van der Waals surface area contributed by atoms with Gasteiger partial charge in [-0.3, -0.25) is 15.0 Å². The number of anilines is 1. The molecule has 1 unspecified atom stereocenters. The first-order chi connectivity index (χ1) is 13.9. The largest absolute Gasteiger partial charge is 0.366 e. The Labute approximate surface area is 171 Å². The van der Waals surface area contributed by atoms with Crippen LogP contribution < -0.4 is 5.32 Å². The van der Waals surface area contributed by atoms with Crippen molar-refractivity contribution >= 4 is 22.9 Å². The normalized spacial score (nSPS) is 18.1. The number of hydrogen-bond donors (Lipinski definition) is 1. The molecule has 1 saturated heterocycles. The minimum Gasteiger partial charge on any atom is -0.366 e. The van der Waals surface area contributed by atoms with Crippen LogP contribution in [-0.4, -0.2) is 46.2 Å². The van der Waals surface area contributed by atoms with E-state index in [2.05, 4.69) is 52.7 Å². The summed E-state index contributed by atoms with van der Waals surface area (Å²) in [6, 6.07) is 18.2. The molecule has 1 N–H and O–H groups in total. The standard InChI is InChI=1S/C23H28N4O2/c1-23(2,3)27-19-12-8-7-11-18(19)24-22(27)25-21(28)20-16-26(13-14-29-20)15-17-9-5-4-6-10-17/h4-12,20H,13-16H2,1-3H3,(H,24,25,28). The summed E-state index contributed by atoms with van der Waals surface area (Å²) in [7, 11) is 0. The van der Waals surface area contributed by atoms with Gasteiger partial charge in [0.15, 0.2) is 0 Å². The summed E-state index contributed by atoms with van der Waals surface area (Å²) in [6.45, 7) is 9.06. The maximum Gasteiger partial charge on any atom is 0.257 e. The number of carbonyl (C=O) groups excluding carboxylic acids is 1. The first-order valence-electron chi connectivity index (χ1n) is 10.1. The predicted molar refractivity (Wildman–Crippen MR) is 115 cm³/mol. The second kappa shape index (κ2) is 7.97. The van der Waals surface area contributed by atoms with Crippen LogP contribution in [0.5, 0.6) is 0 Å². The SMILES string of the molecule is CC(C)(C)n1c(NC(=O)C2CN(Cc3ccccc3)CCO2)nc2ccccc21. The monoisotopic (exact) mass is 392 g/mol. The van der Waals surface area contributed by atoms with Gasteiger partial charge < -0.3 is 9.30 Å². The lowest BCUT2D eigenvalue weighted by atomic mass is 10.1. The average molecular weight is 393 g/mol. The molecule has 1 fully saturated rings. The highest BCUT2D eigenvalue weighted by molar-refractivity contribution is 5.95. The van der Waals surface area contributed by atoms with E-state index in [1.165, 1.54) is 5.56 Å². The highest BCUT2D eigenvalue weighted by Gasteiger charge is 2.29. The number of fused-ring (bicyclic) bond motifs is 1. The number of para-hydroxylation sites is 2. The van der Waals surface area contributed by atoms with Crippen LogP contribution in [0.1, 0.15) is 26.3 Å². The lowest BCUT2D eigenvalue weighted by Crippen LogP contribution is -2.47. The lowest BCUT2D eigenvalue weighted by Gasteiger charge is -2.32. The van der Waals surface area contributed by atoms with Crippen LogP contribution in [0.3, 0.4) is 0 Å². The lowest BCUT2D eigenvalue weighted by molar-refractivity contribution is -0.133. The van der Waals surface area contributed by atoms with Crippen LogP contribution in [-0.2, 0) is 21.6 Å². The number of imidazole rings is 1. The smallest absolute Gasteiger partial charge is 0.257 e. The first-order valence-corrected chi connectivity index (χ1v) is 10.1. The number of nitrogens with one attached hydrogen (secondary N) is 1. The van der Waals surface area contributed by atoms with Crippen molar-refractivity contribution < 1.29 is 9.53 Å². The van der Waals surface area contributed by atoms with E-state index < -0.39 is 6.10 Å². The third-order valence-electron chi connectivity index (χ3n) is 5.16. The minimum absolute atomic E-state index is 0.149. The maximum atomic E-state index is 13.0. The Morgan fingerprint density at radius 3 is 2.62 bits per heavy atom. The molecule has 1 aliphatic rings. The molecular formula is C23H28N4O2. The van der Waals surface area contributed by atoms with Gasteiger partial charge in [0.05, 0.1) is 17.6 Å². The van der Waals surface area contributed by atoms with Crippen molar-refractivity contribution in [3.8, 4) is 0 Å². The van der Waals surface area contributed by atoms with Crippen molar-refractivity contribution in [2.75, 3.05) is 25.0 Å². The van der Waals surface area contributed by atoms with Crippen LogP contribution >= 0.6 is 0 Å². The van der Waals surface area contributed by atoms with E-state index in [-0.39, 0.29) is 11.4 Å². The van der Waals surface area contributed by atoms with Crippen molar-refractivity contribution in [3.63, 3.8) is 0 Å².